The van der Waals surface area contributed by atoms with Gasteiger partial charge >= 0.3 is 0 Å². The predicted molar refractivity (Wildman–Crippen MR) is 93.2 cm³/mol. The quantitative estimate of drug-likeness (QED) is 0.658. The molecule has 1 aromatic carbocycles. The minimum absolute atomic E-state index is 0.215. The van der Waals surface area contributed by atoms with Crippen molar-refractivity contribution in [1.29, 1.82) is 0 Å². The van der Waals surface area contributed by atoms with Gasteiger partial charge in [0.05, 0.1) is 12.8 Å². The van der Waals surface area contributed by atoms with Gasteiger partial charge in [-0.25, -0.2) is 9.37 Å². The number of nitrogens with zero attached hydrogens (tertiary/aromatic N) is 3. The topological polar surface area (TPSA) is 69.0 Å². The number of hydrogen-bond acceptors (Lipinski definition) is 5. The molecule has 0 bridgehead atoms. The fraction of sp³-hybridized carbons (Fsp3) is 0.235. The Labute approximate surface area is 148 Å². The highest BCUT2D eigenvalue weighted by Gasteiger charge is 2.12. The van der Waals surface area contributed by atoms with E-state index in [2.05, 4.69) is 15.4 Å². The molecule has 2 heterocycles. The molecule has 0 aliphatic carbocycles. The second-order valence-electron chi connectivity index (χ2n) is 5.35. The van der Waals surface area contributed by atoms with Gasteiger partial charge in [0.2, 0.25) is 0 Å². The van der Waals surface area contributed by atoms with Crippen molar-refractivity contribution >= 4 is 17.2 Å². The van der Waals surface area contributed by atoms with Gasteiger partial charge in [0.1, 0.15) is 22.3 Å². The minimum Gasteiger partial charge on any atom is -0.494 e. The van der Waals surface area contributed by atoms with Crippen molar-refractivity contribution in [3.05, 3.63) is 53.6 Å². The van der Waals surface area contributed by atoms with Gasteiger partial charge in [-0.3, -0.25) is 9.48 Å². The van der Waals surface area contributed by atoms with Crippen LogP contribution in [0, 0.1) is 5.82 Å². The van der Waals surface area contributed by atoms with Gasteiger partial charge in [-0.05, 0) is 30.7 Å². The molecular weight excluding hydrogens is 343 g/mol. The van der Waals surface area contributed by atoms with Crippen LogP contribution in [0.4, 0.5) is 4.39 Å². The number of aromatic nitrogens is 3. The smallest absolute Gasteiger partial charge is 0.270 e. The Morgan fingerprint density at radius 2 is 2.16 bits per heavy atom. The molecule has 0 aliphatic rings. The highest BCUT2D eigenvalue weighted by atomic mass is 32.1. The van der Waals surface area contributed by atoms with Crippen LogP contribution in [0.1, 0.15) is 16.9 Å². The number of benzene rings is 1. The lowest BCUT2D eigenvalue weighted by molar-refractivity contribution is 0.0947. The number of halogens is 1. The first-order valence-electron chi connectivity index (χ1n) is 7.73. The van der Waals surface area contributed by atoms with Crippen molar-refractivity contribution in [2.45, 2.75) is 6.42 Å². The summed E-state index contributed by atoms with van der Waals surface area (Å²) in [5.74, 6) is 0.0926. The molecule has 1 amide bonds. The number of aryl methyl sites for hydroxylation is 1. The molecule has 25 heavy (non-hydrogen) atoms. The average molecular weight is 360 g/mol. The number of rotatable bonds is 7. The monoisotopic (exact) mass is 360 g/mol. The number of thiazole rings is 1. The summed E-state index contributed by atoms with van der Waals surface area (Å²) in [6, 6.07) is 5.84. The SMILES string of the molecule is Cn1cc(-c2nc(C(=O)NCCCOc3ccc(F)cc3)cs2)cn1. The molecule has 0 unspecified atom stereocenters. The lowest BCUT2D eigenvalue weighted by Gasteiger charge is -2.06. The first kappa shape index (κ1) is 17.1. The zero-order chi connectivity index (χ0) is 17.6. The second-order valence-corrected chi connectivity index (χ2v) is 6.21. The van der Waals surface area contributed by atoms with Gasteiger partial charge < -0.3 is 10.1 Å². The molecule has 6 nitrogen and oxygen atoms in total. The number of amides is 1. The van der Waals surface area contributed by atoms with E-state index in [1.807, 2.05) is 13.2 Å². The minimum atomic E-state index is -0.298. The number of ether oxygens (including phenoxy) is 1. The van der Waals surface area contributed by atoms with Crippen LogP contribution in [0.2, 0.25) is 0 Å². The van der Waals surface area contributed by atoms with E-state index >= 15 is 0 Å². The Balaban J connectivity index is 1.42. The third-order valence-electron chi connectivity index (χ3n) is 3.38. The number of nitrogens with one attached hydrogen (secondary N) is 1. The van der Waals surface area contributed by atoms with Crippen molar-refractivity contribution in [3.63, 3.8) is 0 Å². The van der Waals surface area contributed by atoms with Gasteiger partial charge in [0.25, 0.3) is 5.91 Å². The molecule has 0 saturated carbocycles. The third-order valence-corrected chi connectivity index (χ3v) is 4.27. The largest absolute Gasteiger partial charge is 0.494 e. The van der Waals surface area contributed by atoms with Crippen LogP contribution >= 0.6 is 11.3 Å². The van der Waals surface area contributed by atoms with E-state index in [9.17, 15) is 9.18 Å². The predicted octanol–water partition coefficient (Wildman–Crippen LogP) is 2.88. The molecule has 3 aromatic rings. The van der Waals surface area contributed by atoms with Gasteiger partial charge in [-0.1, -0.05) is 0 Å². The van der Waals surface area contributed by atoms with E-state index in [1.54, 1.807) is 28.4 Å². The van der Waals surface area contributed by atoms with Crippen LogP contribution in [-0.2, 0) is 7.05 Å². The Hall–Kier alpha value is -2.74. The molecular formula is C17H17FN4O2S. The maximum absolute atomic E-state index is 12.8. The zero-order valence-electron chi connectivity index (χ0n) is 13.6. The Morgan fingerprint density at radius 3 is 2.88 bits per heavy atom. The van der Waals surface area contributed by atoms with E-state index < -0.39 is 0 Å². The van der Waals surface area contributed by atoms with Crippen LogP contribution in [0.3, 0.4) is 0 Å². The Morgan fingerprint density at radius 1 is 1.36 bits per heavy atom. The van der Waals surface area contributed by atoms with Gasteiger partial charge in [-0.15, -0.1) is 11.3 Å². The van der Waals surface area contributed by atoms with Gasteiger partial charge in [0.15, 0.2) is 0 Å². The molecule has 2 aromatic heterocycles. The summed E-state index contributed by atoms with van der Waals surface area (Å²) in [4.78, 5) is 16.4. The second kappa shape index (κ2) is 7.89. The molecule has 130 valence electrons. The summed E-state index contributed by atoms with van der Waals surface area (Å²) < 4.78 is 19.9. The molecule has 0 atom stereocenters. The first-order chi connectivity index (χ1) is 12.1. The molecule has 0 saturated heterocycles. The summed E-state index contributed by atoms with van der Waals surface area (Å²) in [5, 5.41) is 9.39. The van der Waals surface area contributed by atoms with Gasteiger partial charge in [-0.2, -0.15) is 5.10 Å². The van der Waals surface area contributed by atoms with Crippen LogP contribution < -0.4 is 10.1 Å². The third kappa shape index (κ3) is 4.63. The van der Waals surface area contributed by atoms with Crippen LogP contribution in [0.5, 0.6) is 5.75 Å². The summed E-state index contributed by atoms with van der Waals surface area (Å²) in [7, 11) is 1.83. The lowest BCUT2D eigenvalue weighted by atomic mass is 10.3. The molecule has 0 radical (unpaired) electrons. The molecule has 0 aliphatic heterocycles. The fourth-order valence-corrected chi connectivity index (χ4v) is 2.90. The molecule has 0 spiro atoms. The van der Waals surface area contributed by atoms with Crippen molar-refractivity contribution < 1.29 is 13.9 Å². The van der Waals surface area contributed by atoms with E-state index in [0.717, 1.165) is 10.6 Å². The fourth-order valence-electron chi connectivity index (χ4n) is 2.13. The highest BCUT2D eigenvalue weighted by Crippen LogP contribution is 2.22. The lowest BCUT2D eigenvalue weighted by Crippen LogP contribution is -2.25. The maximum atomic E-state index is 12.8. The normalized spacial score (nSPS) is 10.6. The van der Waals surface area contributed by atoms with Gasteiger partial charge in [0, 0.05) is 30.7 Å². The molecule has 8 heteroatoms. The van der Waals surface area contributed by atoms with E-state index in [-0.39, 0.29) is 11.7 Å². The van der Waals surface area contributed by atoms with E-state index in [0.29, 0.717) is 31.0 Å². The first-order valence-corrected chi connectivity index (χ1v) is 8.61. The average Bonchev–Trinajstić information content (AvgIpc) is 3.25. The van der Waals surface area contributed by atoms with E-state index in [4.69, 9.17) is 4.74 Å². The Kier molecular flexibility index (Phi) is 5.39. The molecule has 3 rings (SSSR count). The summed E-state index contributed by atoms with van der Waals surface area (Å²) in [6.07, 6.45) is 4.21. The van der Waals surface area contributed by atoms with Crippen LogP contribution in [0.25, 0.3) is 10.6 Å². The van der Waals surface area contributed by atoms with Crippen LogP contribution in [-0.4, -0.2) is 33.8 Å². The standard InChI is InChI=1S/C17H17FN4O2S/c1-22-10-12(9-20-22)17-21-15(11-25-17)16(23)19-7-2-8-24-14-5-3-13(18)4-6-14/h3-6,9-11H,2,7-8H2,1H3,(H,19,23). The van der Waals surface area contributed by atoms with Crippen molar-refractivity contribution in [2.75, 3.05) is 13.2 Å². The van der Waals surface area contributed by atoms with Crippen LogP contribution in [0.15, 0.2) is 42.0 Å². The number of carbonyl (C=O) groups excluding carboxylic acids is 1. The Bertz CT molecular complexity index is 844. The van der Waals surface area contributed by atoms with Crippen molar-refractivity contribution in [1.82, 2.24) is 20.1 Å². The zero-order valence-corrected chi connectivity index (χ0v) is 14.4. The summed E-state index contributed by atoms with van der Waals surface area (Å²) in [5.41, 5.74) is 1.28. The summed E-state index contributed by atoms with van der Waals surface area (Å²) in [6.45, 7) is 0.906. The highest BCUT2D eigenvalue weighted by molar-refractivity contribution is 7.13. The van der Waals surface area contributed by atoms with Crippen molar-refractivity contribution in [2.24, 2.45) is 7.05 Å². The number of carbonyl (C=O) groups is 1. The van der Waals surface area contributed by atoms with Crippen molar-refractivity contribution in [3.8, 4) is 16.3 Å². The summed E-state index contributed by atoms with van der Waals surface area (Å²) >= 11 is 1.41. The van der Waals surface area contributed by atoms with E-state index in [1.165, 1.54) is 23.5 Å². The number of hydrogen-bond donors (Lipinski definition) is 1. The molecule has 1 N–H and O–H groups in total. The maximum Gasteiger partial charge on any atom is 0.270 e. The molecule has 0 fully saturated rings.